The highest BCUT2D eigenvalue weighted by Gasteiger charge is 2.19. The maximum Gasteiger partial charge on any atom is 0.256 e. The van der Waals surface area contributed by atoms with Crippen molar-refractivity contribution in [3.05, 3.63) is 60.2 Å². The second kappa shape index (κ2) is 5.93. The van der Waals surface area contributed by atoms with Crippen molar-refractivity contribution in [3.8, 4) is 0 Å². The van der Waals surface area contributed by atoms with E-state index in [0.29, 0.717) is 21.4 Å². The van der Waals surface area contributed by atoms with Crippen molar-refractivity contribution < 1.29 is 0 Å². The van der Waals surface area contributed by atoms with Crippen molar-refractivity contribution in [1.82, 2.24) is 14.9 Å². The number of rotatable bonds is 2. The monoisotopic (exact) mass is 341 g/mol. The van der Waals surface area contributed by atoms with Gasteiger partial charge in [0, 0.05) is 31.7 Å². The van der Waals surface area contributed by atoms with Crippen LogP contribution in [0.4, 0.5) is 0 Å². The third-order valence-corrected chi connectivity index (χ3v) is 4.52. The minimum absolute atomic E-state index is 0.104. The van der Waals surface area contributed by atoms with Gasteiger partial charge in [-0.1, -0.05) is 29.3 Å². The molecule has 0 bridgehead atoms. The number of nitrogens with one attached hydrogen (secondary N) is 2. The highest BCUT2D eigenvalue weighted by atomic mass is 35.5. The Balaban J connectivity index is 1.81. The molecule has 0 fully saturated rings. The summed E-state index contributed by atoms with van der Waals surface area (Å²) >= 11 is 16.9. The Labute approximate surface area is 136 Å². The van der Waals surface area contributed by atoms with E-state index in [1.54, 1.807) is 6.07 Å². The molecule has 0 amide bonds. The van der Waals surface area contributed by atoms with Crippen molar-refractivity contribution in [2.75, 3.05) is 6.54 Å². The lowest BCUT2D eigenvalue weighted by molar-refractivity contribution is 0.241. The van der Waals surface area contributed by atoms with Crippen LogP contribution in [0.25, 0.3) is 0 Å². The summed E-state index contributed by atoms with van der Waals surface area (Å²) in [4.78, 5) is 19.9. The first-order valence-electron chi connectivity index (χ1n) is 6.53. The number of hydrogen-bond donors (Lipinski definition) is 2. The summed E-state index contributed by atoms with van der Waals surface area (Å²) in [7, 11) is 0. The Morgan fingerprint density at radius 1 is 1.24 bits per heavy atom. The molecule has 1 aromatic heterocycles. The van der Waals surface area contributed by atoms with Gasteiger partial charge in [0.2, 0.25) is 0 Å². The van der Waals surface area contributed by atoms with Gasteiger partial charge in [0.05, 0.1) is 15.6 Å². The predicted octanol–water partition coefficient (Wildman–Crippen LogP) is 3.30. The molecule has 2 heterocycles. The first-order valence-corrected chi connectivity index (χ1v) is 7.70. The molecule has 1 aliphatic heterocycles. The molecule has 0 aliphatic carbocycles. The van der Waals surface area contributed by atoms with Crippen LogP contribution in [0.1, 0.15) is 16.8 Å². The fourth-order valence-electron chi connectivity index (χ4n) is 2.54. The van der Waals surface area contributed by atoms with Crippen molar-refractivity contribution in [2.24, 2.45) is 0 Å². The number of fused-ring (bicyclic) bond motifs is 1. The highest BCUT2D eigenvalue weighted by Crippen LogP contribution is 2.24. The van der Waals surface area contributed by atoms with Crippen LogP contribution in [-0.2, 0) is 19.5 Å². The van der Waals surface area contributed by atoms with Gasteiger partial charge in [-0.05, 0) is 29.9 Å². The van der Waals surface area contributed by atoms with Crippen LogP contribution in [0, 0.1) is 4.77 Å². The molecule has 3 rings (SSSR count). The van der Waals surface area contributed by atoms with E-state index in [1.165, 1.54) is 0 Å². The molecular formula is C14H13Cl2N3OS. The van der Waals surface area contributed by atoms with Gasteiger partial charge < -0.3 is 4.98 Å². The SMILES string of the molecule is O=c1[nH]c(=S)[nH]c2c1CN(Cc1ccc(Cl)c(Cl)c1)CC2. The summed E-state index contributed by atoms with van der Waals surface area (Å²) < 4.78 is 0.386. The first-order chi connectivity index (χ1) is 10.0. The maximum atomic E-state index is 12.0. The van der Waals surface area contributed by atoms with Crippen LogP contribution in [-0.4, -0.2) is 21.4 Å². The van der Waals surface area contributed by atoms with E-state index in [1.807, 2.05) is 12.1 Å². The minimum Gasteiger partial charge on any atom is -0.335 e. The maximum absolute atomic E-state index is 12.0. The van der Waals surface area contributed by atoms with Gasteiger partial charge in [0.25, 0.3) is 5.56 Å². The molecule has 0 unspecified atom stereocenters. The van der Waals surface area contributed by atoms with Gasteiger partial charge in [0.15, 0.2) is 4.77 Å². The lowest BCUT2D eigenvalue weighted by atomic mass is 10.1. The lowest BCUT2D eigenvalue weighted by Crippen LogP contribution is -2.35. The van der Waals surface area contributed by atoms with Crippen LogP contribution in [0.5, 0.6) is 0 Å². The van der Waals surface area contributed by atoms with E-state index < -0.39 is 0 Å². The first kappa shape index (κ1) is 14.8. The fraction of sp³-hybridized carbons (Fsp3) is 0.286. The van der Waals surface area contributed by atoms with Crippen molar-refractivity contribution in [3.63, 3.8) is 0 Å². The van der Waals surface area contributed by atoms with Gasteiger partial charge in [0.1, 0.15) is 0 Å². The van der Waals surface area contributed by atoms with Crippen LogP contribution in [0.15, 0.2) is 23.0 Å². The Morgan fingerprint density at radius 3 is 2.81 bits per heavy atom. The molecule has 2 aromatic rings. The van der Waals surface area contributed by atoms with Gasteiger partial charge in [-0.2, -0.15) is 0 Å². The largest absolute Gasteiger partial charge is 0.335 e. The Morgan fingerprint density at radius 2 is 2.05 bits per heavy atom. The number of nitrogens with zero attached hydrogens (tertiary/aromatic N) is 1. The number of H-pyrrole nitrogens is 2. The molecule has 1 aliphatic rings. The quantitative estimate of drug-likeness (QED) is 0.824. The zero-order chi connectivity index (χ0) is 15.0. The molecule has 110 valence electrons. The number of hydrogen-bond acceptors (Lipinski definition) is 3. The third kappa shape index (κ3) is 3.21. The molecule has 2 N–H and O–H groups in total. The molecule has 7 heteroatoms. The van der Waals surface area contributed by atoms with E-state index in [0.717, 1.165) is 36.3 Å². The average Bonchev–Trinajstić information content (AvgIpc) is 2.43. The third-order valence-electron chi connectivity index (χ3n) is 3.58. The molecule has 0 spiro atoms. The van der Waals surface area contributed by atoms with E-state index >= 15 is 0 Å². The lowest BCUT2D eigenvalue weighted by Gasteiger charge is -2.27. The van der Waals surface area contributed by atoms with Gasteiger partial charge in [-0.3, -0.25) is 14.7 Å². The van der Waals surface area contributed by atoms with Gasteiger partial charge in [-0.25, -0.2) is 0 Å². The molecule has 0 atom stereocenters. The molecule has 0 saturated heterocycles. The minimum atomic E-state index is -0.104. The summed E-state index contributed by atoms with van der Waals surface area (Å²) in [5.74, 6) is 0. The zero-order valence-corrected chi connectivity index (χ0v) is 13.4. The Bertz CT molecular complexity index is 800. The van der Waals surface area contributed by atoms with E-state index in [2.05, 4.69) is 14.9 Å². The van der Waals surface area contributed by atoms with Gasteiger partial charge >= 0.3 is 0 Å². The molecule has 1 aromatic carbocycles. The average molecular weight is 342 g/mol. The molecule has 0 saturated carbocycles. The normalized spacial score (nSPS) is 15.0. The Kier molecular flexibility index (Phi) is 4.17. The Hall–Kier alpha value is -1.14. The topological polar surface area (TPSA) is 51.9 Å². The zero-order valence-electron chi connectivity index (χ0n) is 11.1. The number of benzene rings is 1. The van der Waals surface area contributed by atoms with Gasteiger partial charge in [-0.15, -0.1) is 0 Å². The summed E-state index contributed by atoms with van der Waals surface area (Å²) in [6, 6.07) is 5.61. The summed E-state index contributed by atoms with van der Waals surface area (Å²) in [5.41, 5.74) is 2.67. The molecule has 21 heavy (non-hydrogen) atoms. The standard InChI is InChI=1S/C14H13Cl2N3OS/c15-10-2-1-8(5-11(10)16)6-19-4-3-12-9(7-19)13(20)18-14(21)17-12/h1-2,5H,3-4,6-7H2,(H2,17,18,20,21). The van der Waals surface area contributed by atoms with Crippen molar-refractivity contribution in [2.45, 2.75) is 19.5 Å². The van der Waals surface area contributed by atoms with Crippen LogP contribution in [0.2, 0.25) is 10.0 Å². The highest BCUT2D eigenvalue weighted by molar-refractivity contribution is 7.71. The second-order valence-corrected chi connectivity index (χ2v) is 6.30. The predicted molar refractivity (Wildman–Crippen MR) is 86.5 cm³/mol. The fourth-order valence-corrected chi connectivity index (χ4v) is 3.08. The van der Waals surface area contributed by atoms with Crippen molar-refractivity contribution >= 4 is 35.4 Å². The molecule has 0 radical (unpaired) electrons. The van der Waals surface area contributed by atoms with Crippen LogP contribution < -0.4 is 5.56 Å². The van der Waals surface area contributed by atoms with Crippen molar-refractivity contribution in [1.29, 1.82) is 0 Å². The summed E-state index contributed by atoms with van der Waals surface area (Å²) in [6.07, 6.45) is 0.782. The van der Waals surface area contributed by atoms with E-state index in [-0.39, 0.29) is 5.56 Å². The number of halogens is 2. The molecule has 4 nitrogen and oxygen atoms in total. The molecular weight excluding hydrogens is 329 g/mol. The number of aromatic nitrogens is 2. The van der Waals surface area contributed by atoms with Crippen LogP contribution in [0.3, 0.4) is 0 Å². The van der Waals surface area contributed by atoms with E-state index in [9.17, 15) is 4.79 Å². The van der Waals surface area contributed by atoms with E-state index in [4.69, 9.17) is 35.4 Å². The van der Waals surface area contributed by atoms with Crippen LogP contribution >= 0.6 is 35.4 Å². The second-order valence-electron chi connectivity index (χ2n) is 5.07. The number of aromatic amines is 2. The summed E-state index contributed by atoms with van der Waals surface area (Å²) in [5, 5.41) is 1.10. The smallest absolute Gasteiger partial charge is 0.256 e. The summed E-state index contributed by atoms with van der Waals surface area (Å²) in [6.45, 7) is 2.18.